The molecule has 0 fully saturated rings. The van der Waals surface area contributed by atoms with Crippen LogP contribution in [0.5, 0.6) is 0 Å². The van der Waals surface area contributed by atoms with E-state index in [0.29, 0.717) is 6.42 Å². The van der Waals surface area contributed by atoms with Gasteiger partial charge in [-0.05, 0) is 64.2 Å². The molecule has 0 spiro atoms. The minimum absolute atomic E-state index is 0.0821. The first-order valence-electron chi connectivity index (χ1n) is 28.7. The summed E-state index contributed by atoms with van der Waals surface area (Å²) in [7, 11) is 0. The molecule has 4 heteroatoms. The first kappa shape index (κ1) is 62.8. The molecule has 0 saturated carbocycles. The molecule has 2 atom stereocenters. The average Bonchev–Trinajstić information content (AvgIpc) is 3.31. The van der Waals surface area contributed by atoms with Crippen molar-refractivity contribution in [2.75, 3.05) is 6.61 Å². The lowest BCUT2D eigenvalue weighted by Crippen LogP contribution is -2.45. The molecule has 0 bridgehead atoms. The van der Waals surface area contributed by atoms with Crippen molar-refractivity contribution in [3.63, 3.8) is 0 Å². The van der Waals surface area contributed by atoms with E-state index in [1.54, 1.807) is 6.08 Å². The van der Waals surface area contributed by atoms with Gasteiger partial charge in [0, 0.05) is 6.42 Å². The van der Waals surface area contributed by atoms with E-state index < -0.39 is 12.1 Å². The molecule has 0 heterocycles. The molecule has 2 unspecified atom stereocenters. The van der Waals surface area contributed by atoms with Crippen molar-refractivity contribution >= 4 is 5.91 Å². The Morgan fingerprint density at radius 3 is 1.02 bits per heavy atom. The van der Waals surface area contributed by atoms with Crippen molar-refractivity contribution in [1.82, 2.24) is 5.32 Å². The second-order valence-corrected chi connectivity index (χ2v) is 19.3. The number of aliphatic hydroxyl groups excluding tert-OH is 2. The highest BCUT2D eigenvalue weighted by Gasteiger charge is 2.18. The fourth-order valence-corrected chi connectivity index (χ4v) is 8.62. The van der Waals surface area contributed by atoms with E-state index in [2.05, 4.69) is 79.9 Å². The Morgan fingerprint density at radius 1 is 0.385 bits per heavy atom. The minimum atomic E-state index is -0.853. The van der Waals surface area contributed by atoms with Crippen molar-refractivity contribution in [3.8, 4) is 0 Å². The maximum atomic E-state index is 12.5. The molecule has 0 saturated heterocycles. The zero-order chi connectivity index (χ0) is 47.0. The summed E-state index contributed by atoms with van der Waals surface area (Å²) in [4.78, 5) is 12.5. The van der Waals surface area contributed by atoms with Gasteiger partial charge < -0.3 is 15.5 Å². The molecule has 0 aromatic rings. The SMILES string of the molecule is CC/C=C\C/C=C\C/C=C\C/C=C\C/C=C\CCCCCCCC(=O)NC(CO)C(O)/C=C/CCCCCCCCCCCCCCCCCCCCCCCCCCCCCCCC. The average molecular weight is 907 g/mol. The first-order valence-corrected chi connectivity index (χ1v) is 28.7. The van der Waals surface area contributed by atoms with Crippen LogP contribution in [0.4, 0.5) is 0 Å². The third kappa shape index (κ3) is 52.7. The molecule has 0 aliphatic heterocycles. The normalized spacial score (nSPS) is 13.4. The largest absolute Gasteiger partial charge is 0.394 e. The van der Waals surface area contributed by atoms with E-state index in [4.69, 9.17) is 0 Å². The number of hydrogen-bond donors (Lipinski definition) is 3. The number of aliphatic hydroxyl groups is 2. The summed E-state index contributed by atoms with van der Waals surface area (Å²) in [5.41, 5.74) is 0. The molecule has 378 valence electrons. The predicted molar refractivity (Wildman–Crippen MR) is 290 cm³/mol. The van der Waals surface area contributed by atoms with Crippen LogP contribution in [0, 0.1) is 0 Å². The Labute approximate surface area is 406 Å². The van der Waals surface area contributed by atoms with Crippen molar-refractivity contribution in [2.24, 2.45) is 0 Å². The van der Waals surface area contributed by atoms with Crippen LogP contribution in [0.2, 0.25) is 0 Å². The van der Waals surface area contributed by atoms with Crippen LogP contribution in [-0.4, -0.2) is 34.9 Å². The molecule has 0 aliphatic rings. The van der Waals surface area contributed by atoms with Crippen LogP contribution in [-0.2, 0) is 4.79 Å². The Bertz CT molecular complexity index is 1120. The molecule has 0 rings (SSSR count). The number of unbranched alkanes of at least 4 members (excludes halogenated alkanes) is 35. The fourth-order valence-electron chi connectivity index (χ4n) is 8.62. The summed E-state index contributed by atoms with van der Waals surface area (Å²) < 4.78 is 0. The third-order valence-corrected chi connectivity index (χ3v) is 12.9. The Hall–Kier alpha value is -2.17. The molecule has 0 aliphatic carbocycles. The van der Waals surface area contributed by atoms with E-state index in [1.165, 1.54) is 199 Å². The maximum Gasteiger partial charge on any atom is 0.220 e. The van der Waals surface area contributed by atoms with Gasteiger partial charge in [-0.2, -0.15) is 0 Å². The number of carbonyl (C=O) groups excluding carboxylic acids is 1. The summed E-state index contributed by atoms with van der Waals surface area (Å²) in [6.07, 6.45) is 80.7. The minimum Gasteiger partial charge on any atom is -0.394 e. The highest BCUT2D eigenvalue weighted by Crippen LogP contribution is 2.17. The predicted octanol–water partition coefficient (Wildman–Crippen LogP) is 19.0. The zero-order valence-electron chi connectivity index (χ0n) is 43.5. The van der Waals surface area contributed by atoms with Gasteiger partial charge in [0.25, 0.3) is 0 Å². The number of carbonyl (C=O) groups is 1. The van der Waals surface area contributed by atoms with Crippen LogP contribution in [0.3, 0.4) is 0 Å². The van der Waals surface area contributed by atoms with Gasteiger partial charge >= 0.3 is 0 Å². The molecule has 4 nitrogen and oxygen atoms in total. The van der Waals surface area contributed by atoms with Gasteiger partial charge in [0.05, 0.1) is 18.8 Å². The van der Waals surface area contributed by atoms with Crippen LogP contribution in [0.15, 0.2) is 72.9 Å². The number of nitrogens with one attached hydrogen (secondary N) is 1. The topological polar surface area (TPSA) is 69.6 Å². The molecule has 0 aromatic carbocycles. The molecule has 65 heavy (non-hydrogen) atoms. The Kier molecular flexibility index (Phi) is 54.3. The molecule has 0 radical (unpaired) electrons. The Balaban J connectivity index is 3.51. The first-order chi connectivity index (χ1) is 32.2. The molecular weight excluding hydrogens is 795 g/mol. The monoisotopic (exact) mass is 906 g/mol. The lowest BCUT2D eigenvalue weighted by atomic mass is 10.0. The second-order valence-electron chi connectivity index (χ2n) is 19.3. The van der Waals surface area contributed by atoms with Crippen molar-refractivity contribution < 1.29 is 15.0 Å². The maximum absolute atomic E-state index is 12.5. The van der Waals surface area contributed by atoms with Crippen molar-refractivity contribution in [1.29, 1.82) is 0 Å². The highest BCUT2D eigenvalue weighted by atomic mass is 16.3. The van der Waals surface area contributed by atoms with Crippen LogP contribution < -0.4 is 5.32 Å². The van der Waals surface area contributed by atoms with E-state index in [9.17, 15) is 15.0 Å². The number of amides is 1. The van der Waals surface area contributed by atoms with Crippen molar-refractivity contribution in [2.45, 2.75) is 302 Å². The second kappa shape index (κ2) is 56.2. The number of allylic oxidation sites excluding steroid dienone is 11. The lowest BCUT2D eigenvalue weighted by Gasteiger charge is -2.20. The highest BCUT2D eigenvalue weighted by molar-refractivity contribution is 5.76. The van der Waals surface area contributed by atoms with E-state index in [0.717, 1.165) is 70.6 Å². The number of hydrogen-bond acceptors (Lipinski definition) is 3. The summed E-state index contributed by atoms with van der Waals surface area (Å²) in [6.45, 7) is 4.21. The summed E-state index contributed by atoms with van der Waals surface area (Å²) in [6, 6.07) is -0.638. The number of rotatable bonds is 52. The van der Waals surface area contributed by atoms with Crippen LogP contribution in [0.25, 0.3) is 0 Å². The van der Waals surface area contributed by atoms with Crippen molar-refractivity contribution in [3.05, 3.63) is 72.9 Å². The zero-order valence-corrected chi connectivity index (χ0v) is 43.5. The van der Waals surface area contributed by atoms with Crippen LogP contribution >= 0.6 is 0 Å². The summed E-state index contributed by atoms with van der Waals surface area (Å²) >= 11 is 0. The van der Waals surface area contributed by atoms with Crippen LogP contribution in [0.1, 0.15) is 290 Å². The molecule has 0 aromatic heterocycles. The van der Waals surface area contributed by atoms with Gasteiger partial charge in [-0.3, -0.25) is 4.79 Å². The third-order valence-electron chi connectivity index (χ3n) is 12.9. The van der Waals surface area contributed by atoms with Gasteiger partial charge in [-0.15, -0.1) is 0 Å². The van der Waals surface area contributed by atoms with Gasteiger partial charge in [-0.1, -0.05) is 292 Å². The summed E-state index contributed by atoms with van der Waals surface area (Å²) in [5, 5.41) is 23.2. The van der Waals surface area contributed by atoms with E-state index in [1.807, 2.05) is 6.08 Å². The molecule has 3 N–H and O–H groups in total. The smallest absolute Gasteiger partial charge is 0.220 e. The van der Waals surface area contributed by atoms with Gasteiger partial charge in [-0.25, -0.2) is 0 Å². The molecule has 1 amide bonds. The quantitative estimate of drug-likeness (QED) is 0.0421. The summed E-state index contributed by atoms with van der Waals surface area (Å²) in [5.74, 6) is -0.0821. The molecular formula is C61H111NO3. The fraction of sp³-hybridized carbons (Fsp3) is 0.787. The van der Waals surface area contributed by atoms with Gasteiger partial charge in [0.15, 0.2) is 0 Å². The standard InChI is InChI=1S/C61H111NO3/c1-3-5-7-9-11-13-15-17-19-21-23-25-26-27-28-29-30-31-32-33-34-35-37-38-40-42-44-46-48-50-52-54-56-60(64)59(58-63)62-61(65)57-55-53-51-49-47-45-43-41-39-36-24-22-20-18-16-14-12-10-8-6-4-2/h6,8,12,14,18,20,24,36,41,43,54,56,59-60,63-64H,3-5,7,9-11,13,15-17,19,21-23,25-35,37-40,42,44-53,55,57-58H2,1-2H3,(H,62,65)/b8-6-,14-12-,20-18-,36-24-,43-41-,56-54+. The van der Waals surface area contributed by atoms with E-state index in [-0.39, 0.29) is 12.5 Å². The van der Waals surface area contributed by atoms with E-state index >= 15 is 0 Å². The van der Waals surface area contributed by atoms with Gasteiger partial charge in [0.1, 0.15) is 0 Å². The Morgan fingerprint density at radius 2 is 0.677 bits per heavy atom. The van der Waals surface area contributed by atoms with Gasteiger partial charge in [0.2, 0.25) is 5.91 Å². The lowest BCUT2D eigenvalue weighted by molar-refractivity contribution is -0.123.